The molecule has 1 aromatic carbocycles. The van der Waals surface area contributed by atoms with Crippen molar-refractivity contribution in [1.82, 2.24) is 4.98 Å². The second kappa shape index (κ2) is 4.41. The molecule has 0 aliphatic heterocycles. The van der Waals surface area contributed by atoms with Gasteiger partial charge in [0.15, 0.2) is 16.8 Å². The van der Waals surface area contributed by atoms with Gasteiger partial charge >= 0.3 is 0 Å². The van der Waals surface area contributed by atoms with Crippen molar-refractivity contribution in [2.24, 2.45) is 0 Å². The van der Waals surface area contributed by atoms with Gasteiger partial charge < -0.3 is 5.73 Å². The van der Waals surface area contributed by atoms with Gasteiger partial charge in [0, 0.05) is 10.8 Å². The number of aromatic nitrogens is 1. The van der Waals surface area contributed by atoms with E-state index in [4.69, 9.17) is 5.73 Å². The lowest BCUT2D eigenvalue weighted by Gasteiger charge is -2.10. The van der Waals surface area contributed by atoms with Crippen LogP contribution >= 0.6 is 11.3 Å². The van der Waals surface area contributed by atoms with Gasteiger partial charge in [-0.2, -0.15) is 0 Å². The second-order valence-corrected chi connectivity index (χ2v) is 4.96. The van der Waals surface area contributed by atoms with Crippen LogP contribution in [0.15, 0.2) is 18.2 Å². The predicted octanol–water partition coefficient (Wildman–Crippen LogP) is 3.46. The van der Waals surface area contributed by atoms with E-state index >= 15 is 0 Å². The van der Waals surface area contributed by atoms with E-state index < -0.39 is 11.6 Å². The highest BCUT2D eigenvalue weighted by atomic mass is 32.1. The third-order valence-electron chi connectivity index (χ3n) is 2.69. The number of hydrogen-bond donors (Lipinski definition) is 1. The molecular formula is C12H12F2N2S. The molecule has 0 amide bonds. The van der Waals surface area contributed by atoms with Crippen LogP contribution in [-0.2, 0) is 0 Å². The number of nitrogen functional groups attached to an aromatic ring is 1. The van der Waals surface area contributed by atoms with Crippen molar-refractivity contribution in [3.8, 4) is 0 Å². The standard InChI is InChI=1S/C12H12F2N2S/c1-6(11-7(2)16-12(15)17-11)8-3-4-9(13)10(14)5-8/h3-6H,1-2H3,(H2,15,16). The van der Waals surface area contributed by atoms with Crippen LogP contribution in [0.5, 0.6) is 0 Å². The topological polar surface area (TPSA) is 38.9 Å². The number of rotatable bonds is 2. The van der Waals surface area contributed by atoms with Crippen LogP contribution in [0.3, 0.4) is 0 Å². The van der Waals surface area contributed by atoms with Crippen LogP contribution in [-0.4, -0.2) is 4.98 Å². The molecule has 2 N–H and O–H groups in total. The lowest BCUT2D eigenvalue weighted by molar-refractivity contribution is 0.506. The Bertz CT molecular complexity index is 551. The average Bonchev–Trinajstić information content (AvgIpc) is 2.61. The van der Waals surface area contributed by atoms with Crippen LogP contribution in [0, 0.1) is 18.6 Å². The maximum absolute atomic E-state index is 13.1. The summed E-state index contributed by atoms with van der Waals surface area (Å²) in [5.74, 6) is -1.70. The van der Waals surface area contributed by atoms with Gasteiger partial charge in [0.2, 0.25) is 0 Å². The first-order valence-electron chi connectivity index (χ1n) is 5.16. The molecule has 17 heavy (non-hydrogen) atoms. The van der Waals surface area contributed by atoms with Gasteiger partial charge in [0.05, 0.1) is 5.69 Å². The Hall–Kier alpha value is -1.49. The van der Waals surface area contributed by atoms with Gasteiger partial charge in [-0.05, 0) is 24.6 Å². The molecule has 0 bridgehead atoms. The summed E-state index contributed by atoms with van der Waals surface area (Å²) in [6, 6.07) is 3.94. The van der Waals surface area contributed by atoms with Crippen LogP contribution in [0.25, 0.3) is 0 Å². The molecule has 90 valence electrons. The number of hydrogen-bond acceptors (Lipinski definition) is 3. The summed E-state index contributed by atoms with van der Waals surface area (Å²) in [4.78, 5) is 5.11. The normalized spacial score (nSPS) is 12.7. The summed E-state index contributed by atoms with van der Waals surface area (Å²) in [5.41, 5.74) is 7.18. The first-order valence-corrected chi connectivity index (χ1v) is 5.98. The molecule has 0 radical (unpaired) electrons. The Kier molecular flexibility index (Phi) is 3.11. The third kappa shape index (κ3) is 2.29. The zero-order chi connectivity index (χ0) is 12.6. The van der Waals surface area contributed by atoms with Crippen molar-refractivity contribution in [2.45, 2.75) is 19.8 Å². The molecule has 5 heteroatoms. The van der Waals surface area contributed by atoms with Crippen molar-refractivity contribution in [1.29, 1.82) is 0 Å². The Morgan fingerprint density at radius 1 is 1.29 bits per heavy atom. The largest absolute Gasteiger partial charge is 0.375 e. The van der Waals surface area contributed by atoms with Crippen molar-refractivity contribution < 1.29 is 8.78 Å². The Morgan fingerprint density at radius 3 is 2.53 bits per heavy atom. The predicted molar refractivity (Wildman–Crippen MR) is 65.1 cm³/mol. The van der Waals surface area contributed by atoms with Crippen molar-refractivity contribution in [2.75, 3.05) is 5.73 Å². The van der Waals surface area contributed by atoms with Gasteiger partial charge in [-0.25, -0.2) is 13.8 Å². The average molecular weight is 254 g/mol. The number of nitrogens with zero attached hydrogens (tertiary/aromatic N) is 1. The number of anilines is 1. The Labute approximate surface area is 102 Å². The molecule has 0 fully saturated rings. The fourth-order valence-corrected chi connectivity index (χ4v) is 2.68. The highest BCUT2D eigenvalue weighted by Gasteiger charge is 2.16. The van der Waals surface area contributed by atoms with Gasteiger partial charge in [-0.3, -0.25) is 0 Å². The number of aryl methyl sites for hydroxylation is 1. The highest BCUT2D eigenvalue weighted by molar-refractivity contribution is 7.15. The minimum absolute atomic E-state index is 0.0418. The summed E-state index contributed by atoms with van der Waals surface area (Å²) in [6.45, 7) is 3.78. The molecular weight excluding hydrogens is 242 g/mol. The van der Waals surface area contributed by atoms with E-state index in [1.54, 1.807) is 6.07 Å². The fourth-order valence-electron chi connectivity index (χ4n) is 1.76. The Balaban J connectivity index is 2.40. The summed E-state index contributed by atoms with van der Waals surface area (Å²) in [5, 5.41) is 0.493. The molecule has 0 saturated heterocycles. The number of nitrogens with two attached hydrogens (primary N) is 1. The molecule has 1 heterocycles. The SMILES string of the molecule is Cc1nc(N)sc1C(C)c1ccc(F)c(F)c1. The molecule has 1 atom stereocenters. The molecule has 2 nitrogen and oxygen atoms in total. The number of benzene rings is 1. The fraction of sp³-hybridized carbons (Fsp3) is 0.250. The van der Waals surface area contributed by atoms with Crippen molar-refractivity contribution >= 4 is 16.5 Å². The lowest BCUT2D eigenvalue weighted by atomic mass is 9.98. The van der Waals surface area contributed by atoms with E-state index in [0.717, 1.165) is 22.2 Å². The molecule has 2 rings (SSSR count). The summed E-state index contributed by atoms with van der Waals surface area (Å²) < 4.78 is 26.0. The van der Waals surface area contributed by atoms with Crippen molar-refractivity contribution in [3.05, 3.63) is 46.0 Å². The van der Waals surface area contributed by atoms with E-state index in [2.05, 4.69) is 4.98 Å². The van der Waals surface area contributed by atoms with Gasteiger partial charge in [0.1, 0.15) is 0 Å². The molecule has 1 unspecified atom stereocenters. The van der Waals surface area contributed by atoms with E-state index in [9.17, 15) is 8.78 Å². The van der Waals surface area contributed by atoms with Gasteiger partial charge in [-0.1, -0.05) is 13.0 Å². The monoisotopic (exact) mass is 254 g/mol. The molecule has 1 aromatic heterocycles. The lowest BCUT2D eigenvalue weighted by Crippen LogP contribution is -1.97. The minimum Gasteiger partial charge on any atom is -0.375 e. The van der Waals surface area contributed by atoms with Gasteiger partial charge in [-0.15, -0.1) is 11.3 Å². The van der Waals surface area contributed by atoms with Gasteiger partial charge in [0.25, 0.3) is 0 Å². The molecule has 0 aliphatic carbocycles. The van der Waals surface area contributed by atoms with E-state index in [-0.39, 0.29) is 5.92 Å². The zero-order valence-electron chi connectivity index (χ0n) is 9.50. The number of halogens is 2. The molecule has 0 aliphatic rings. The maximum atomic E-state index is 13.1. The summed E-state index contributed by atoms with van der Waals surface area (Å²) in [7, 11) is 0. The molecule has 0 saturated carbocycles. The quantitative estimate of drug-likeness (QED) is 0.891. The smallest absolute Gasteiger partial charge is 0.180 e. The van der Waals surface area contributed by atoms with Crippen LogP contribution in [0.4, 0.5) is 13.9 Å². The van der Waals surface area contributed by atoms with E-state index in [1.165, 1.54) is 17.4 Å². The first-order chi connectivity index (χ1) is 7.99. The van der Waals surface area contributed by atoms with E-state index in [1.807, 2.05) is 13.8 Å². The minimum atomic E-state index is -0.832. The summed E-state index contributed by atoms with van der Waals surface area (Å²) >= 11 is 1.38. The van der Waals surface area contributed by atoms with Crippen molar-refractivity contribution in [3.63, 3.8) is 0 Å². The van der Waals surface area contributed by atoms with E-state index in [0.29, 0.717) is 5.13 Å². The number of thiazole rings is 1. The zero-order valence-corrected chi connectivity index (χ0v) is 10.3. The molecule has 2 aromatic rings. The highest BCUT2D eigenvalue weighted by Crippen LogP contribution is 2.32. The van der Waals surface area contributed by atoms with Crippen LogP contribution < -0.4 is 5.73 Å². The van der Waals surface area contributed by atoms with Crippen LogP contribution in [0.2, 0.25) is 0 Å². The first kappa shape index (κ1) is 12.0. The van der Waals surface area contributed by atoms with Crippen LogP contribution in [0.1, 0.15) is 29.0 Å². The Morgan fingerprint density at radius 2 is 2.00 bits per heavy atom. The maximum Gasteiger partial charge on any atom is 0.180 e. The third-order valence-corrected chi connectivity index (χ3v) is 3.86. The summed E-state index contributed by atoms with van der Waals surface area (Å²) in [6.07, 6.45) is 0. The molecule has 0 spiro atoms. The second-order valence-electron chi connectivity index (χ2n) is 3.90.